The van der Waals surface area contributed by atoms with E-state index in [0.717, 1.165) is 31.3 Å². The van der Waals surface area contributed by atoms with Crippen molar-refractivity contribution in [1.29, 1.82) is 0 Å². The van der Waals surface area contributed by atoms with Crippen LogP contribution in [0.25, 0.3) is 0 Å². The predicted molar refractivity (Wildman–Crippen MR) is 84.2 cm³/mol. The molecular formula is C14H25N5O2S. The Morgan fingerprint density at radius 1 is 1.23 bits per heavy atom. The SMILES string of the molecule is Cc1nc(CN2CCN(CC(C)C)[C@@H]3CS(=O)(=O)C[C@@H]32)n[nH]1. The van der Waals surface area contributed by atoms with Gasteiger partial charge in [-0.3, -0.25) is 14.9 Å². The third-order valence-electron chi connectivity index (χ3n) is 4.49. The van der Waals surface area contributed by atoms with Gasteiger partial charge in [0.25, 0.3) is 0 Å². The molecule has 3 heterocycles. The van der Waals surface area contributed by atoms with Crippen LogP contribution in [0.15, 0.2) is 0 Å². The number of piperazine rings is 1. The van der Waals surface area contributed by atoms with E-state index in [2.05, 4.69) is 38.8 Å². The van der Waals surface area contributed by atoms with Gasteiger partial charge in [-0.05, 0) is 12.8 Å². The molecule has 8 heteroatoms. The molecule has 124 valence electrons. The molecule has 22 heavy (non-hydrogen) atoms. The molecule has 2 aliphatic heterocycles. The molecule has 0 radical (unpaired) electrons. The Morgan fingerprint density at radius 3 is 2.45 bits per heavy atom. The minimum Gasteiger partial charge on any atom is -0.296 e. The summed E-state index contributed by atoms with van der Waals surface area (Å²) in [6, 6.07) is 0.178. The summed E-state index contributed by atoms with van der Waals surface area (Å²) < 4.78 is 24.3. The first-order valence-corrected chi connectivity index (χ1v) is 9.72. The zero-order valence-corrected chi connectivity index (χ0v) is 14.3. The maximum atomic E-state index is 12.1. The molecule has 2 saturated heterocycles. The summed E-state index contributed by atoms with van der Waals surface area (Å²) in [5, 5.41) is 7.04. The number of aryl methyl sites for hydroxylation is 1. The topological polar surface area (TPSA) is 82.2 Å². The van der Waals surface area contributed by atoms with Crippen molar-refractivity contribution < 1.29 is 8.42 Å². The maximum absolute atomic E-state index is 12.1. The van der Waals surface area contributed by atoms with Crippen LogP contribution in [-0.2, 0) is 16.4 Å². The second kappa shape index (κ2) is 5.90. The molecule has 2 fully saturated rings. The van der Waals surface area contributed by atoms with E-state index in [9.17, 15) is 8.42 Å². The fourth-order valence-electron chi connectivity index (χ4n) is 3.63. The van der Waals surface area contributed by atoms with Gasteiger partial charge in [-0.1, -0.05) is 13.8 Å². The molecule has 0 unspecified atom stereocenters. The number of nitrogens with one attached hydrogen (secondary N) is 1. The van der Waals surface area contributed by atoms with Crippen molar-refractivity contribution in [2.75, 3.05) is 31.1 Å². The van der Waals surface area contributed by atoms with Crippen molar-refractivity contribution in [3.05, 3.63) is 11.6 Å². The van der Waals surface area contributed by atoms with Gasteiger partial charge in [-0.15, -0.1) is 0 Å². The van der Waals surface area contributed by atoms with Crippen molar-refractivity contribution in [1.82, 2.24) is 25.0 Å². The average molecular weight is 327 g/mol. The van der Waals surface area contributed by atoms with Crippen LogP contribution in [0.4, 0.5) is 0 Å². The number of aromatic nitrogens is 3. The Hall–Kier alpha value is -0.990. The van der Waals surface area contributed by atoms with E-state index in [1.807, 2.05) is 6.92 Å². The molecule has 0 bridgehead atoms. The fraction of sp³-hybridized carbons (Fsp3) is 0.857. The number of sulfone groups is 1. The van der Waals surface area contributed by atoms with E-state index >= 15 is 0 Å². The average Bonchev–Trinajstić information content (AvgIpc) is 2.95. The lowest BCUT2D eigenvalue weighted by molar-refractivity contribution is 0.0323. The molecule has 0 saturated carbocycles. The number of hydrogen-bond acceptors (Lipinski definition) is 6. The first-order valence-electron chi connectivity index (χ1n) is 7.90. The van der Waals surface area contributed by atoms with Gasteiger partial charge < -0.3 is 0 Å². The summed E-state index contributed by atoms with van der Waals surface area (Å²) in [6.07, 6.45) is 0. The number of aromatic amines is 1. The van der Waals surface area contributed by atoms with E-state index in [-0.39, 0.29) is 23.6 Å². The fourth-order valence-corrected chi connectivity index (χ4v) is 5.67. The monoisotopic (exact) mass is 327 g/mol. The molecule has 0 aliphatic carbocycles. The van der Waals surface area contributed by atoms with E-state index in [0.29, 0.717) is 12.5 Å². The summed E-state index contributed by atoms with van der Waals surface area (Å²) in [5.41, 5.74) is 0. The summed E-state index contributed by atoms with van der Waals surface area (Å²) in [6.45, 7) is 9.61. The van der Waals surface area contributed by atoms with Crippen molar-refractivity contribution in [3.63, 3.8) is 0 Å². The summed E-state index contributed by atoms with van der Waals surface area (Å²) >= 11 is 0. The third kappa shape index (κ3) is 3.33. The number of hydrogen-bond donors (Lipinski definition) is 1. The van der Waals surface area contributed by atoms with Gasteiger partial charge in [0.1, 0.15) is 5.82 Å². The van der Waals surface area contributed by atoms with Crippen LogP contribution in [0.5, 0.6) is 0 Å². The molecule has 7 nitrogen and oxygen atoms in total. The lowest BCUT2D eigenvalue weighted by Crippen LogP contribution is -2.59. The Morgan fingerprint density at radius 2 is 1.86 bits per heavy atom. The smallest absolute Gasteiger partial charge is 0.164 e. The van der Waals surface area contributed by atoms with Crippen molar-refractivity contribution >= 4 is 9.84 Å². The quantitative estimate of drug-likeness (QED) is 0.842. The number of nitrogens with zero attached hydrogens (tertiary/aromatic N) is 4. The van der Waals surface area contributed by atoms with Crippen LogP contribution in [0, 0.1) is 12.8 Å². The third-order valence-corrected chi connectivity index (χ3v) is 6.19. The van der Waals surface area contributed by atoms with Gasteiger partial charge >= 0.3 is 0 Å². The molecule has 2 atom stereocenters. The standard InChI is InChI=1S/C14H25N5O2S/c1-10(2)6-18-4-5-19(7-14-15-11(3)16-17-14)13-9-22(20,21)8-12(13)18/h10,12-13H,4-9H2,1-3H3,(H,15,16,17)/t12-,13+/m1/s1. The van der Waals surface area contributed by atoms with Gasteiger partial charge in [0.15, 0.2) is 15.7 Å². The highest BCUT2D eigenvalue weighted by molar-refractivity contribution is 7.91. The van der Waals surface area contributed by atoms with Gasteiger partial charge in [0.2, 0.25) is 0 Å². The lowest BCUT2D eigenvalue weighted by atomic mass is 10.0. The first kappa shape index (κ1) is 15.9. The van der Waals surface area contributed by atoms with E-state index < -0.39 is 9.84 Å². The highest BCUT2D eigenvalue weighted by Gasteiger charge is 2.46. The summed E-state index contributed by atoms with van der Waals surface area (Å²) in [4.78, 5) is 8.96. The number of fused-ring (bicyclic) bond motifs is 1. The Labute approximate surface area is 132 Å². The second-order valence-corrected chi connectivity index (χ2v) is 9.06. The normalized spacial score (nSPS) is 29.1. The van der Waals surface area contributed by atoms with Crippen LogP contribution in [0.3, 0.4) is 0 Å². The van der Waals surface area contributed by atoms with Gasteiger partial charge in [-0.25, -0.2) is 13.4 Å². The molecule has 1 N–H and O–H groups in total. The zero-order chi connectivity index (χ0) is 15.9. The van der Waals surface area contributed by atoms with Crippen molar-refractivity contribution in [3.8, 4) is 0 Å². The van der Waals surface area contributed by atoms with Crippen molar-refractivity contribution in [2.45, 2.75) is 39.4 Å². The van der Waals surface area contributed by atoms with Gasteiger partial charge in [-0.2, -0.15) is 5.10 Å². The maximum Gasteiger partial charge on any atom is 0.164 e. The van der Waals surface area contributed by atoms with E-state index in [1.165, 1.54) is 0 Å². The first-order chi connectivity index (χ1) is 10.3. The summed E-state index contributed by atoms with van der Waals surface area (Å²) in [7, 11) is -2.95. The Kier molecular flexibility index (Phi) is 4.26. The molecule has 0 spiro atoms. The number of H-pyrrole nitrogens is 1. The highest BCUT2D eigenvalue weighted by Crippen LogP contribution is 2.28. The predicted octanol–water partition coefficient (Wildman–Crippen LogP) is 0.0523. The number of rotatable bonds is 4. The molecule has 2 aliphatic rings. The van der Waals surface area contributed by atoms with Gasteiger partial charge in [0.05, 0.1) is 18.1 Å². The second-order valence-electron chi connectivity index (χ2n) is 6.91. The minimum absolute atomic E-state index is 0.0660. The van der Waals surface area contributed by atoms with Crippen LogP contribution >= 0.6 is 0 Å². The Bertz CT molecular complexity index is 627. The summed E-state index contributed by atoms with van der Waals surface area (Å²) in [5.74, 6) is 2.64. The molecule has 1 aromatic rings. The molecule has 3 rings (SSSR count). The molecule has 0 aromatic carbocycles. The zero-order valence-electron chi connectivity index (χ0n) is 13.5. The highest BCUT2D eigenvalue weighted by atomic mass is 32.2. The van der Waals surface area contributed by atoms with Crippen LogP contribution < -0.4 is 0 Å². The van der Waals surface area contributed by atoms with Crippen molar-refractivity contribution in [2.24, 2.45) is 5.92 Å². The van der Waals surface area contributed by atoms with E-state index in [1.54, 1.807) is 0 Å². The van der Waals surface area contributed by atoms with Crippen LogP contribution in [0.1, 0.15) is 25.5 Å². The van der Waals surface area contributed by atoms with Crippen LogP contribution in [0.2, 0.25) is 0 Å². The largest absolute Gasteiger partial charge is 0.296 e. The molecular weight excluding hydrogens is 302 g/mol. The lowest BCUT2D eigenvalue weighted by Gasteiger charge is -2.44. The molecule has 0 amide bonds. The van der Waals surface area contributed by atoms with E-state index in [4.69, 9.17) is 0 Å². The van der Waals surface area contributed by atoms with Crippen LogP contribution in [-0.4, -0.2) is 76.6 Å². The van der Waals surface area contributed by atoms with Gasteiger partial charge in [0, 0.05) is 31.7 Å². The Balaban J connectivity index is 1.77. The molecule has 1 aromatic heterocycles. The minimum atomic E-state index is -2.95.